The van der Waals surface area contributed by atoms with E-state index >= 15 is 0 Å². The van der Waals surface area contributed by atoms with E-state index in [1.807, 2.05) is 12.2 Å². The standard InChI is InChI=1S/C23H29F3O6/c24-23(25,26)15-6-5-7-17(12-15)32-14-16(27)10-11-19-18(20(28)13-21(19)29)8-3-1-2-4-9-22(30)31/h1,3,5-7,10-12,16,18-21,27-29H,2,4,8-9,13-14H2,(H,30,31)/b3-1-,11-10+/t16-,18-,19?,20+,21-/m1/s1. The second-order valence-corrected chi connectivity index (χ2v) is 7.89. The van der Waals surface area contributed by atoms with Crippen molar-refractivity contribution in [3.63, 3.8) is 0 Å². The molecule has 178 valence electrons. The highest BCUT2D eigenvalue weighted by molar-refractivity contribution is 5.66. The Balaban J connectivity index is 1.87. The van der Waals surface area contributed by atoms with E-state index in [4.69, 9.17) is 9.84 Å². The second kappa shape index (κ2) is 12.0. The van der Waals surface area contributed by atoms with Gasteiger partial charge in [0.2, 0.25) is 0 Å². The summed E-state index contributed by atoms with van der Waals surface area (Å²) in [4.78, 5) is 10.5. The van der Waals surface area contributed by atoms with Crippen LogP contribution in [0.5, 0.6) is 5.75 Å². The SMILES string of the molecule is O=C(O)CCC/C=C\C[C@@H]1C(/C=C/[C@@H](O)COc2cccc(C(F)(F)F)c2)[C@H](O)C[C@@H]1O. The highest BCUT2D eigenvalue weighted by Crippen LogP contribution is 2.36. The minimum atomic E-state index is -4.49. The Morgan fingerprint density at radius 2 is 1.97 bits per heavy atom. The number of carbonyl (C=O) groups is 1. The van der Waals surface area contributed by atoms with E-state index in [9.17, 15) is 33.3 Å². The summed E-state index contributed by atoms with van der Waals surface area (Å²) in [6.45, 7) is -0.267. The molecule has 5 atom stereocenters. The fraction of sp³-hybridized carbons (Fsp3) is 0.522. The summed E-state index contributed by atoms with van der Waals surface area (Å²) in [5.41, 5.74) is -0.845. The molecule has 0 spiro atoms. The topological polar surface area (TPSA) is 107 Å². The lowest BCUT2D eigenvalue weighted by Gasteiger charge is -2.19. The van der Waals surface area contributed by atoms with Gasteiger partial charge in [-0.25, -0.2) is 0 Å². The first kappa shape index (κ1) is 25.9. The number of rotatable bonds is 11. The molecular weight excluding hydrogens is 429 g/mol. The summed E-state index contributed by atoms with van der Waals surface area (Å²) in [5.74, 6) is -1.55. The van der Waals surface area contributed by atoms with Gasteiger partial charge in [-0.3, -0.25) is 4.79 Å². The van der Waals surface area contributed by atoms with Crippen LogP contribution in [0.25, 0.3) is 0 Å². The monoisotopic (exact) mass is 458 g/mol. The molecule has 0 saturated heterocycles. The summed E-state index contributed by atoms with van der Waals surface area (Å²) in [6.07, 6.45) is 1.48. The van der Waals surface area contributed by atoms with Crippen LogP contribution in [0, 0.1) is 11.8 Å². The zero-order chi connectivity index (χ0) is 23.7. The number of hydrogen-bond donors (Lipinski definition) is 4. The minimum Gasteiger partial charge on any atom is -0.491 e. The smallest absolute Gasteiger partial charge is 0.416 e. The minimum absolute atomic E-state index is 0.0190. The van der Waals surface area contributed by atoms with Crippen LogP contribution in [0.1, 0.15) is 37.7 Å². The van der Waals surface area contributed by atoms with Gasteiger partial charge in [0.05, 0.1) is 17.8 Å². The molecule has 6 nitrogen and oxygen atoms in total. The molecular formula is C23H29F3O6. The fourth-order valence-corrected chi connectivity index (χ4v) is 3.70. The number of ether oxygens (including phenoxy) is 1. The molecule has 1 aromatic carbocycles. The van der Waals surface area contributed by atoms with Crippen LogP contribution in [0.2, 0.25) is 0 Å². The van der Waals surface area contributed by atoms with Crippen molar-refractivity contribution < 1.29 is 43.1 Å². The van der Waals surface area contributed by atoms with E-state index < -0.39 is 41.9 Å². The molecule has 0 heterocycles. The maximum atomic E-state index is 12.8. The highest BCUT2D eigenvalue weighted by Gasteiger charge is 2.39. The van der Waals surface area contributed by atoms with Crippen LogP contribution in [0.3, 0.4) is 0 Å². The number of alkyl halides is 3. The Bertz CT molecular complexity index is 792. The number of halogens is 3. The summed E-state index contributed by atoms with van der Waals surface area (Å²) in [6, 6.07) is 4.36. The first-order valence-electron chi connectivity index (χ1n) is 10.5. The van der Waals surface area contributed by atoms with Crippen LogP contribution in [-0.4, -0.2) is 51.3 Å². The van der Waals surface area contributed by atoms with Crippen molar-refractivity contribution in [2.24, 2.45) is 11.8 Å². The normalized spacial score (nSPS) is 24.9. The summed E-state index contributed by atoms with van der Waals surface area (Å²) in [5, 5.41) is 39.2. The van der Waals surface area contributed by atoms with Crippen molar-refractivity contribution >= 4 is 5.97 Å². The molecule has 4 N–H and O–H groups in total. The van der Waals surface area contributed by atoms with Crippen molar-refractivity contribution in [2.75, 3.05) is 6.61 Å². The van der Waals surface area contributed by atoms with E-state index in [-0.39, 0.29) is 31.1 Å². The Hall–Kier alpha value is -2.36. The van der Waals surface area contributed by atoms with Crippen molar-refractivity contribution in [3.05, 3.63) is 54.1 Å². The number of aliphatic carboxylic acids is 1. The van der Waals surface area contributed by atoms with E-state index in [1.54, 1.807) is 6.08 Å². The maximum Gasteiger partial charge on any atom is 0.416 e. The zero-order valence-electron chi connectivity index (χ0n) is 17.5. The number of aliphatic hydroxyl groups excluding tert-OH is 3. The predicted molar refractivity (Wildman–Crippen MR) is 111 cm³/mol. The van der Waals surface area contributed by atoms with Gasteiger partial charge in [-0.2, -0.15) is 13.2 Å². The zero-order valence-corrected chi connectivity index (χ0v) is 17.5. The fourth-order valence-electron chi connectivity index (χ4n) is 3.70. The molecule has 1 aromatic rings. The first-order valence-corrected chi connectivity index (χ1v) is 10.5. The average molecular weight is 458 g/mol. The van der Waals surface area contributed by atoms with Crippen LogP contribution >= 0.6 is 0 Å². The molecule has 0 radical (unpaired) electrons. The Morgan fingerprint density at radius 1 is 1.22 bits per heavy atom. The van der Waals surface area contributed by atoms with E-state index in [1.165, 1.54) is 18.2 Å². The van der Waals surface area contributed by atoms with Gasteiger partial charge in [0.15, 0.2) is 0 Å². The van der Waals surface area contributed by atoms with Crippen LogP contribution < -0.4 is 4.74 Å². The Labute approximate surface area is 184 Å². The molecule has 2 rings (SSSR count). The Morgan fingerprint density at radius 3 is 2.66 bits per heavy atom. The maximum absolute atomic E-state index is 12.8. The van der Waals surface area contributed by atoms with Gasteiger partial charge in [-0.15, -0.1) is 0 Å². The number of unbranched alkanes of at least 4 members (excludes halogenated alkanes) is 1. The third kappa shape index (κ3) is 8.29. The average Bonchev–Trinajstić information content (AvgIpc) is 2.99. The third-order valence-electron chi connectivity index (χ3n) is 5.39. The quantitative estimate of drug-likeness (QED) is 0.298. The molecule has 9 heteroatoms. The molecule has 0 amide bonds. The summed E-state index contributed by atoms with van der Waals surface area (Å²) in [7, 11) is 0. The molecule has 0 bridgehead atoms. The largest absolute Gasteiger partial charge is 0.491 e. The van der Waals surface area contributed by atoms with Crippen molar-refractivity contribution in [1.82, 2.24) is 0 Å². The number of carboxylic acids is 1. The third-order valence-corrected chi connectivity index (χ3v) is 5.39. The molecule has 1 aliphatic rings. The number of benzene rings is 1. The lowest BCUT2D eigenvalue weighted by Crippen LogP contribution is -2.21. The molecule has 32 heavy (non-hydrogen) atoms. The highest BCUT2D eigenvalue weighted by atomic mass is 19.4. The summed E-state index contributed by atoms with van der Waals surface area (Å²) < 4.78 is 43.5. The molecule has 1 aliphatic carbocycles. The van der Waals surface area contributed by atoms with Gasteiger partial charge < -0.3 is 25.2 Å². The first-order chi connectivity index (χ1) is 15.1. The molecule has 0 aromatic heterocycles. The lowest BCUT2D eigenvalue weighted by atomic mass is 9.89. The number of carboxylic acid groups (broad SMARTS) is 1. The second-order valence-electron chi connectivity index (χ2n) is 7.89. The molecule has 1 saturated carbocycles. The van der Waals surface area contributed by atoms with Crippen molar-refractivity contribution in [1.29, 1.82) is 0 Å². The summed E-state index contributed by atoms with van der Waals surface area (Å²) >= 11 is 0. The molecule has 0 aliphatic heterocycles. The van der Waals surface area contributed by atoms with E-state index in [0.717, 1.165) is 12.1 Å². The number of allylic oxidation sites excluding steroid dienone is 2. The van der Waals surface area contributed by atoms with E-state index in [2.05, 4.69) is 0 Å². The van der Waals surface area contributed by atoms with Crippen molar-refractivity contribution in [3.8, 4) is 5.75 Å². The van der Waals surface area contributed by atoms with Crippen molar-refractivity contribution in [2.45, 2.75) is 56.6 Å². The van der Waals surface area contributed by atoms with Gasteiger partial charge in [0.25, 0.3) is 0 Å². The van der Waals surface area contributed by atoms with Gasteiger partial charge in [0, 0.05) is 18.8 Å². The van der Waals surface area contributed by atoms with Gasteiger partial charge in [-0.1, -0.05) is 30.4 Å². The van der Waals surface area contributed by atoms with Gasteiger partial charge in [-0.05, 0) is 43.4 Å². The van der Waals surface area contributed by atoms with Crippen LogP contribution in [0.4, 0.5) is 13.2 Å². The molecule has 1 unspecified atom stereocenters. The van der Waals surface area contributed by atoms with Crippen LogP contribution in [-0.2, 0) is 11.0 Å². The molecule has 1 fully saturated rings. The lowest BCUT2D eigenvalue weighted by molar-refractivity contribution is -0.138. The van der Waals surface area contributed by atoms with Crippen LogP contribution in [0.15, 0.2) is 48.6 Å². The predicted octanol–water partition coefficient (Wildman–Crippen LogP) is 3.56. The van der Waals surface area contributed by atoms with Gasteiger partial charge >= 0.3 is 12.1 Å². The van der Waals surface area contributed by atoms with E-state index in [0.29, 0.717) is 19.3 Å². The van der Waals surface area contributed by atoms with Gasteiger partial charge in [0.1, 0.15) is 18.5 Å². The Kier molecular flexibility index (Phi) is 9.74. The number of aliphatic hydroxyl groups is 3. The number of hydrogen-bond acceptors (Lipinski definition) is 5.